The number of hydrogen-bond donors (Lipinski definition) is 1. The van der Waals surface area contributed by atoms with E-state index in [1.807, 2.05) is 61.5 Å². The highest BCUT2D eigenvalue weighted by Crippen LogP contribution is 2.22. The van der Waals surface area contributed by atoms with Crippen LogP contribution in [0.5, 0.6) is 0 Å². The average molecular weight is 433 g/mol. The first-order valence-corrected chi connectivity index (χ1v) is 11.3. The normalized spacial score (nSPS) is 11.7. The van der Waals surface area contributed by atoms with Gasteiger partial charge in [-0.15, -0.1) is 11.8 Å². The summed E-state index contributed by atoms with van der Waals surface area (Å²) >= 11 is 7.62. The lowest BCUT2D eigenvalue weighted by molar-refractivity contribution is -0.140. The number of thioether (sulfide) groups is 1. The van der Waals surface area contributed by atoms with Crippen molar-refractivity contribution in [1.82, 2.24) is 10.2 Å². The predicted molar refractivity (Wildman–Crippen MR) is 121 cm³/mol. The summed E-state index contributed by atoms with van der Waals surface area (Å²) in [5, 5.41) is 3.42. The van der Waals surface area contributed by atoms with E-state index in [9.17, 15) is 9.59 Å². The van der Waals surface area contributed by atoms with Gasteiger partial charge in [0.15, 0.2) is 0 Å². The molecule has 29 heavy (non-hydrogen) atoms. The number of rotatable bonds is 11. The Morgan fingerprint density at radius 3 is 2.41 bits per heavy atom. The third-order valence-corrected chi connectivity index (χ3v) is 6.08. The van der Waals surface area contributed by atoms with E-state index < -0.39 is 6.04 Å². The lowest BCUT2D eigenvalue weighted by atomic mass is 10.1. The number of carbonyl (C=O) groups is 2. The van der Waals surface area contributed by atoms with Gasteiger partial charge in [-0.2, -0.15) is 0 Å². The number of hydrogen-bond acceptors (Lipinski definition) is 3. The van der Waals surface area contributed by atoms with Gasteiger partial charge in [0.05, 0.1) is 0 Å². The molecule has 0 saturated heterocycles. The summed E-state index contributed by atoms with van der Waals surface area (Å²) in [6.07, 6.45) is 2.53. The minimum absolute atomic E-state index is 0.0353. The first kappa shape index (κ1) is 23.3. The highest BCUT2D eigenvalue weighted by Gasteiger charge is 2.27. The number of halogens is 1. The van der Waals surface area contributed by atoms with Crippen molar-refractivity contribution in [3.05, 3.63) is 65.2 Å². The van der Waals surface area contributed by atoms with Gasteiger partial charge in [0.25, 0.3) is 0 Å². The Morgan fingerprint density at radius 2 is 1.79 bits per heavy atom. The molecule has 0 heterocycles. The van der Waals surface area contributed by atoms with Crippen LogP contribution in [0, 0.1) is 0 Å². The third-order valence-electron chi connectivity index (χ3n) is 4.73. The number of amides is 2. The topological polar surface area (TPSA) is 49.4 Å². The number of nitrogens with zero attached hydrogens (tertiary/aromatic N) is 1. The van der Waals surface area contributed by atoms with Crippen LogP contribution in [-0.4, -0.2) is 42.1 Å². The Bertz CT molecular complexity index is 768. The average Bonchev–Trinajstić information content (AvgIpc) is 2.75. The summed E-state index contributed by atoms with van der Waals surface area (Å²) in [6.45, 7) is 2.48. The molecule has 0 spiro atoms. The van der Waals surface area contributed by atoms with Gasteiger partial charge < -0.3 is 10.2 Å². The van der Waals surface area contributed by atoms with E-state index in [0.29, 0.717) is 19.4 Å². The second kappa shape index (κ2) is 12.6. The lowest BCUT2D eigenvalue weighted by Gasteiger charge is -2.30. The predicted octanol–water partition coefficient (Wildman–Crippen LogP) is 4.81. The van der Waals surface area contributed by atoms with E-state index in [2.05, 4.69) is 5.32 Å². The SMILES string of the molecule is CC[C@@H](C(=O)NC)N(CCc1ccccc1)C(=O)CCCSc1ccc(Cl)cc1. The molecule has 1 atom stereocenters. The minimum Gasteiger partial charge on any atom is -0.357 e. The highest BCUT2D eigenvalue weighted by molar-refractivity contribution is 7.99. The summed E-state index contributed by atoms with van der Waals surface area (Å²) in [4.78, 5) is 28.2. The van der Waals surface area contributed by atoms with Crippen LogP contribution >= 0.6 is 23.4 Å². The maximum absolute atomic E-state index is 13.0. The first-order chi connectivity index (χ1) is 14.0. The summed E-state index contributed by atoms with van der Waals surface area (Å²) in [5.74, 6) is 0.772. The van der Waals surface area contributed by atoms with Gasteiger partial charge in [0.1, 0.15) is 6.04 Å². The maximum atomic E-state index is 13.0. The van der Waals surface area contributed by atoms with E-state index >= 15 is 0 Å². The third kappa shape index (κ3) is 7.75. The van der Waals surface area contributed by atoms with Crippen molar-refractivity contribution in [2.24, 2.45) is 0 Å². The number of benzene rings is 2. The summed E-state index contributed by atoms with van der Waals surface area (Å²) < 4.78 is 0. The fourth-order valence-electron chi connectivity index (χ4n) is 3.15. The van der Waals surface area contributed by atoms with Crippen LogP contribution in [-0.2, 0) is 16.0 Å². The Kier molecular flexibility index (Phi) is 10.1. The maximum Gasteiger partial charge on any atom is 0.242 e. The molecule has 156 valence electrons. The number of carbonyl (C=O) groups excluding carboxylic acids is 2. The molecule has 2 amide bonds. The zero-order valence-corrected chi connectivity index (χ0v) is 18.6. The Hall–Kier alpha value is -1.98. The van der Waals surface area contributed by atoms with E-state index in [1.54, 1.807) is 23.7 Å². The Balaban J connectivity index is 1.93. The second-order valence-corrected chi connectivity index (χ2v) is 8.37. The molecule has 2 rings (SSSR count). The van der Waals surface area contributed by atoms with Crippen molar-refractivity contribution < 1.29 is 9.59 Å². The largest absolute Gasteiger partial charge is 0.357 e. The van der Waals surface area contributed by atoms with Gasteiger partial charge in [0.2, 0.25) is 11.8 Å². The van der Waals surface area contributed by atoms with Crippen LogP contribution in [0.4, 0.5) is 0 Å². The van der Waals surface area contributed by atoms with Crippen molar-refractivity contribution in [2.45, 2.75) is 43.5 Å². The molecular weight excluding hydrogens is 404 g/mol. The zero-order valence-electron chi connectivity index (χ0n) is 17.1. The Morgan fingerprint density at radius 1 is 1.10 bits per heavy atom. The van der Waals surface area contributed by atoms with Crippen LogP contribution in [0.1, 0.15) is 31.7 Å². The van der Waals surface area contributed by atoms with Crippen LogP contribution < -0.4 is 5.32 Å². The van der Waals surface area contributed by atoms with E-state index in [1.165, 1.54) is 0 Å². The quantitative estimate of drug-likeness (QED) is 0.409. The van der Waals surface area contributed by atoms with Crippen molar-refractivity contribution in [1.29, 1.82) is 0 Å². The van der Waals surface area contributed by atoms with Crippen molar-refractivity contribution in [3.63, 3.8) is 0 Å². The molecule has 0 aliphatic carbocycles. The molecule has 0 aromatic heterocycles. The van der Waals surface area contributed by atoms with Gasteiger partial charge >= 0.3 is 0 Å². The molecule has 0 aliphatic heterocycles. The first-order valence-electron chi connectivity index (χ1n) is 9.98. The van der Waals surface area contributed by atoms with Gasteiger partial charge in [-0.3, -0.25) is 9.59 Å². The van der Waals surface area contributed by atoms with Gasteiger partial charge in [-0.25, -0.2) is 0 Å². The number of likely N-dealkylation sites (N-methyl/N-ethyl adjacent to an activating group) is 1. The summed E-state index contributed by atoms with van der Waals surface area (Å²) in [5.41, 5.74) is 1.16. The highest BCUT2D eigenvalue weighted by atomic mass is 35.5. The van der Waals surface area contributed by atoms with Gasteiger partial charge in [-0.1, -0.05) is 48.9 Å². The molecule has 0 bridgehead atoms. The molecule has 1 N–H and O–H groups in total. The fraction of sp³-hybridized carbons (Fsp3) is 0.391. The summed E-state index contributed by atoms with van der Waals surface area (Å²) in [7, 11) is 1.62. The molecule has 2 aromatic carbocycles. The number of nitrogens with one attached hydrogen (secondary N) is 1. The molecule has 2 aromatic rings. The smallest absolute Gasteiger partial charge is 0.242 e. The molecule has 0 unspecified atom stereocenters. The molecular formula is C23H29ClN2O2S. The fourth-order valence-corrected chi connectivity index (χ4v) is 4.13. The Labute approximate surface area is 183 Å². The van der Waals surface area contributed by atoms with E-state index in [-0.39, 0.29) is 11.8 Å². The monoisotopic (exact) mass is 432 g/mol. The van der Waals surface area contributed by atoms with Crippen LogP contribution in [0.2, 0.25) is 5.02 Å². The lowest BCUT2D eigenvalue weighted by Crippen LogP contribution is -2.49. The molecule has 4 nitrogen and oxygen atoms in total. The van der Waals surface area contributed by atoms with Crippen LogP contribution in [0.15, 0.2) is 59.5 Å². The van der Waals surface area contributed by atoms with E-state index in [4.69, 9.17) is 11.6 Å². The standard InChI is InChI=1S/C23H29ClN2O2S/c1-3-21(23(28)25-2)26(16-15-18-8-5-4-6-9-18)22(27)10-7-17-29-20-13-11-19(24)12-14-20/h4-6,8-9,11-14,21H,3,7,10,15-17H2,1-2H3,(H,25,28)/t21-/m0/s1. The molecule has 0 radical (unpaired) electrons. The zero-order chi connectivity index (χ0) is 21.1. The molecule has 0 saturated carbocycles. The van der Waals surface area contributed by atoms with Crippen molar-refractivity contribution in [2.75, 3.05) is 19.3 Å². The van der Waals surface area contributed by atoms with Crippen molar-refractivity contribution >= 4 is 35.2 Å². The van der Waals surface area contributed by atoms with E-state index in [0.717, 1.165) is 34.1 Å². The van der Waals surface area contributed by atoms with Gasteiger partial charge in [0, 0.05) is 29.9 Å². The summed E-state index contributed by atoms with van der Waals surface area (Å²) in [6, 6.07) is 17.3. The molecule has 6 heteroatoms. The van der Waals surface area contributed by atoms with Gasteiger partial charge in [-0.05, 0) is 54.8 Å². The molecule has 0 aliphatic rings. The van der Waals surface area contributed by atoms with Crippen LogP contribution in [0.3, 0.4) is 0 Å². The van der Waals surface area contributed by atoms with Crippen molar-refractivity contribution in [3.8, 4) is 0 Å². The minimum atomic E-state index is -0.430. The van der Waals surface area contributed by atoms with Crippen LogP contribution in [0.25, 0.3) is 0 Å². The molecule has 0 fully saturated rings. The second-order valence-electron chi connectivity index (χ2n) is 6.77.